The Morgan fingerprint density at radius 1 is 0.714 bits per heavy atom. The van der Waals surface area contributed by atoms with E-state index in [1.54, 1.807) is 24.3 Å². The minimum absolute atomic E-state index is 0. The minimum Gasteiger partial charge on any atom is -0.324 e. The van der Waals surface area contributed by atoms with Gasteiger partial charge in [-0.25, -0.2) is 8.42 Å². The largest absolute Gasteiger partial charge is 0.324 e. The summed E-state index contributed by atoms with van der Waals surface area (Å²) < 4.78 is 24.6. The van der Waals surface area contributed by atoms with E-state index in [1.807, 2.05) is 0 Å². The molecule has 0 atom stereocenters. The summed E-state index contributed by atoms with van der Waals surface area (Å²) in [5.74, 6) is 5.54. The molecule has 1 aromatic carbocycles. The Hall–Kier alpha value is -0.780. The summed E-state index contributed by atoms with van der Waals surface area (Å²) >= 11 is 0. The third-order valence-corrected chi connectivity index (χ3v) is 6.96. The lowest BCUT2D eigenvalue weighted by Gasteiger charge is -2.06. The molecule has 0 saturated carbocycles. The molecule has 28 heavy (non-hydrogen) atoms. The molecular formula is C22H41ClN2O2S. The summed E-state index contributed by atoms with van der Waals surface area (Å²) in [4.78, 5) is 0.385. The highest BCUT2D eigenvalue weighted by Crippen LogP contribution is 2.17. The zero-order valence-corrected chi connectivity index (χ0v) is 19.3. The molecule has 0 aliphatic carbocycles. The van der Waals surface area contributed by atoms with Crippen LogP contribution >= 0.6 is 12.4 Å². The quantitative estimate of drug-likeness (QED) is 0.164. The van der Waals surface area contributed by atoms with E-state index in [-0.39, 0.29) is 18.2 Å². The Balaban J connectivity index is 0.00000729. The summed E-state index contributed by atoms with van der Waals surface area (Å²) in [6.45, 7) is 2.26. The van der Waals surface area contributed by atoms with E-state index < -0.39 is 9.84 Å². The molecule has 0 fully saturated rings. The molecule has 0 bridgehead atoms. The standard InChI is InChI=1S/C22H40N2O2S.ClH/c1-2-3-4-5-6-7-8-9-10-11-12-13-14-15-20-27(25,26)22-18-16-21(24-23)17-19-22;/h16-19,24H,2-15,20,23H2,1H3;1H. The number of unbranched alkanes of at least 4 members (excludes halogenated alkanes) is 13. The molecule has 0 amide bonds. The third-order valence-electron chi connectivity index (χ3n) is 5.15. The van der Waals surface area contributed by atoms with Crippen molar-refractivity contribution in [3.05, 3.63) is 24.3 Å². The van der Waals surface area contributed by atoms with Crippen molar-refractivity contribution in [2.24, 2.45) is 5.84 Å². The van der Waals surface area contributed by atoms with E-state index in [2.05, 4.69) is 12.3 Å². The van der Waals surface area contributed by atoms with Gasteiger partial charge in [0.15, 0.2) is 9.84 Å². The van der Waals surface area contributed by atoms with Crippen LogP contribution in [0.25, 0.3) is 0 Å². The van der Waals surface area contributed by atoms with Gasteiger partial charge in [-0.2, -0.15) is 0 Å². The van der Waals surface area contributed by atoms with Crippen LogP contribution < -0.4 is 11.3 Å². The van der Waals surface area contributed by atoms with Gasteiger partial charge < -0.3 is 5.43 Å². The van der Waals surface area contributed by atoms with E-state index in [0.29, 0.717) is 10.6 Å². The summed E-state index contributed by atoms with van der Waals surface area (Å²) in [7, 11) is -3.17. The number of nitrogens with two attached hydrogens (primary N) is 1. The summed E-state index contributed by atoms with van der Waals surface area (Å²) in [5.41, 5.74) is 3.22. The van der Waals surface area contributed by atoms with E-state index in [1.165, 1.54) is 70.6 Å². The van der Waals surface area contributed by atoms with E-state index in [9.17, 15) is 8.42 Å². The highest BCUT2D eigenvalue weighted by Gasteiger charge is 2.13. The number of nitrogens with one attached hydrogen (secondary N) is 1. The lowest BCUT2D eigenvalue weighted by Crippen LogP contribution is -2.09. The molecule has 0 heterocycles. The van der Waals surface area contributed by atoms with Gasteiger partial charge in [-0.1, -0.05) is 90.4 Å². The molecule has 0 aliphatic heterocycles. The molecule has 3 N–H and O–H groups in total. The van der Waals surface area contributed by atoms with Crippen molar-refractivity contribution in [1.29, 1.82) is 0 Å². The Kier molecular flexibility index (Phi) is 16.6. The number of rotatable bonds is 17. The topological polar surface area (TPSA) is 72.2 Å². The first-order chi connectivity index (χ1) is 13.1. The Morgan fingerprint density at radius 3 is 1.50 bits per heavy atom. The van der Waals surface area contributed by atoms with Crippen molar-refractivity contribution in [1.82, 2.24) is 0 Å². The molecule has 164 valence electrons. The number of sulfone groups is 1. The fourth-order valence-electron chi connectivity index (χ4n) is 3.36. The normalized spacial score (nSPS) is 11.2. The van der Waals surface area contributed by atoms with Crippen molar-refractivity contribution in [3.63, 3.8) is 0 Å². The van der Waals surface area contributed by atoms with Crippen LogP contribution in [0.5, 0.6) is 0 Å². The number of benzene rings is 1. The Morgan fingerprint density at radius 2 is 1.11 bits per heavy atom. The number of hydrogen-bond donors (Lipinski definition) is 2. The first-order valence-corrected chi connectivity index (χ1v) is 12.5. The fourth-order valence-corrected chi connectivity index (χ4v) is 4.73. The van der Waals surface area contributed by atoms with Gasteiger partial charge in [0.05, 0.1) is 10.6 Å². The number of hydrazine groups is 1. The number of halogens is 1. The Bertz CT molecular complexity index is 577. The van der Waals surface area contributed by atoms with Crippen molar-refractivity contribution in [2.75, 3.05) is 11.2 Å². The van der Waals surface area contributed by atoms with E-state index in [4.69, 9.17) is 5.84 Å². The smallest absolute Gasteiger partial charge is 0.178 e. The molecule has 6 heteroatoms. The average molecular weight is 433 g/mol. The molecule has 1 rings (SSSR count). The van der Waals surface area contributed by atoms with Crippen LogP contribution in [-0.2, 0) is 9.84 Å². The molecule has 0 spiro atoms. The molecule has 0 aromatic heterocycles. The molecule has 4 nitrogen and oxygen atoms in total. The van der Waals surface area contributed by atoms with E-state index in [0.717, 1.165) is 19.3 Å². The maximum atomic E-state index is 12.3. The molecule has 0 aliphatic rings. The fraction of sp³-hybridized carbons (Fsp3) is 0.727. The molecule has 0 radical (unpaired) electrons. The summed E-state index contributed by atoms with van der Waals surface area (Å²) in [5, 5.41) is 0. The van der Waals surface area contributed by atoms with Gasteiger partial charge in [-0.05, 0) is 30.7 Å². The maximum Gasteiger partial charge on any atom is 0.178 e. The average Bonchev–Trinajstić information content (AvgIpc) is 2.68. The predicted molar refractivity (Wildman–Crippen MR) is 124 cm³/mol. The second-order valence-electron chi connectivity index (χ2n) is 7.58. The lowest BCUT2D eigenvalue weighted by atomic mass is 10.0. The van der Waals surface area contributed by atoms with Crippen LogP contribution in [0.15, 0.2) is 29.2 Å². The molecule has 1 aromatic rings. The van der Waals surface area contributed by atoms with Gasteiger partial charge in [-0.3, -0.25) is 5.84 Å². The van der Waals surface area contributed by atoms with Gasteiger partial charge in [0.2, 0.25) is 0 Å². The molecular weight excluding hydrogens is 392 g/mol. The van der Waals surface area contributed by atoms with Crippen LogP contribution in [0, 0.1) is 0 Å². The van der Waals surface area contributed by atoms with Gasteiger partial charge in [0.25, 0.3) is 0 Å². The molecule has 0 unspecified atom stereocenters. The van der Waals surface area contributed by atoms with Crippen molar-refractivity contribution >= 4 is 27.9 Å². The van der Waals surface area contributed by atoms with Gasteiger partial charge in [0, 0.05) is 5.69 Å². The van der Waals surface area contributed by atoms with Crippen LogP contribution in [0.3, 0.4) is 0 Å². The number of hydrogen-bond acceptors (Lipinski definition) is 4. The Labute approximate surface area is 179 Å². The van der Waals surface area contributed by atoms with Crippen LogP contribution in [0.2, 0.25) is 0 Å². The summed E-state index contributed by atoms with van der Waals surface area (Å²) in [6.07, 6.45) is 17.8. The van der Waals surface area contributed by atoms with Crippen molar-refractivity contribution in [2.45, 2.75) is 102 Å². The van der Waals surface area contributed by atoms with Crippen molar-refractivity contribution in [3.8, 4) is 0 Å². The van der Waals surface area contributed by atoms with Gasteiger partial charge >= 0.3 is 0 Å². The minimum atomic E-state index is -3.17. The highest BCUT2D eigenvalue weighted by atomic mass is 35.5. The number of anilines is 1. The number of nitrogen functional groups attached to an aromatic ring is 1. The summed E-state index contributed by atoms with van der Waals surface area (Å²) in [6, 6.07) is 6.62. The molecule has 0 saturated heterocycles. The van der Waals surface area contributed by atoms with Crippen LogP contribution in [0.1, 0.15) is 96.8 Å². The first-order valence-electron chi connectivity index (χ1n) is 10.9. The van der Waals surface area contributed by atoms with Crippen molar-refractivity contribution < 1.29 is 8.42 Å². The zero-order valence-electron chi connectivity index (χ0n) is 17.6. The van der Waals surface area contributed by atoms with Gasteiger partial charge in [0.1, 0.15) is 0 Å². The van der Waals surface area contributed by atoms with E-state index >= 15 is 0 Å². The lowest BCUT2D eigenvalue weighted by molar-refractivity contribution is 0.537. The second kappa shape index (κ2) is 17.1. The van der Waals surface area contributed by atoms with Crippen LogP contribution in [-0.4, -0.2) is 14.2 Å². The monoisotopic (exact) mass is 432 g/mol. The second-order valence-corrected chi connectivity index (χ2v) is 9.69. The predicted octanol–water partition coefficient (Wildman–Crippen LogP) is 6.65. The first kappa shape index (κ1) is 27.2. The third kappa shape index (κ3) is 12.6. The van der Waals surface area contributed by atoms with Crippen LogP contribution in [0.4, 0.5) is 5.69 Å². The van der Waals surface area contributed by atoms with Gasteiger partial charge in [-0.15, -0.1) is 12.4 Å². The SMILES string of the molecule is CCCCCCCCCCCCCCCCS(=O)(=O)c1ccc(NN)cc1.Cl. The highest BCUT2D eigenvalue weighted by molar-refractivity contribution is 7.91. The maximum absolute atomic E-state index is 12.3. The zero-order chi connectivity index (χ0) is 19.8.